The predicted octanol–water partition coefficient (Wildman–Crippen LogP) is 2.12. The van der Waals surface area contributed by atoms with E-state index in [1.54, 1.807) is 0 Å². The van der Waals surface area contributed by atoms with Crippen molar-refractivity contribution in [3.05, 3.63) is 6.92 Å². The Hall–Kier alpha value is -0.0400. The molecule has 0 aliphatic rings. The molecule has 9 heavy (non-hydrogen) atoms. The van der Waals surface area contributed by atoms with Crippen LogP contribution in [0, 0.1) is 6.92 Å². The van der Waals surface area contributed by atoms with Crippen molar-refractivity contribution < 1.29 is 0 Å². The summed E-state index contributed by atoms with van der Waals surface area (Å²) < 4.78 is 0. The van der Waals surface area contributed by atoms with Gasteiger partial charge in [0.05, 0.1) is 0 Å². The molecule has 0 heterocycles. The maximum atomic E-state index is 5.97. The third kappa shape index (κ3) is 2.85. The molecule has 0 aromatic heterocycles. The Bertz CT molecular complexity index is 65.0. The first kappa shape index (κ1) is 8.96. The predicted molar refractivity (Wildman–Crippen MR) is 42.1 cm³/mol. The molecule has 0 amide bonds. The molecule has 55 valence electrons. The van der Waals surface area contributed by atoms with Crippen LogP contribution < -0.4 is 5.73 Å². The molecule has 0 atom stereocenters. The van der Waals surface area contributed by atoms with Crippen LogP contribution in [0.3, 0.4) is 0 Å². The number of hydrogen-bond acceptors (Lipinski definition) is 1. The fraction of sp³-hybridized carbons (Fsp3) is 0.875. The summed E-state index contributed by atoms with van der Waals surface area (Å²) in [6.45, 7) is 8.06. The molecule has 0 unspecified atom stereocenters. The molecule has 0 aromatic carbocycles. The lowest BCUT2D eigenvalue weighted by atomic mass is 9.89. The van der Waals surface area contributed by atoms with Gasteiger partial charge in [-0.15, -0.1) is 0 Å². The Kier molecular flexibility index (Phi) is 3.87. The lowest BCUT2D eigenvalue weighted by molar-refractivity contribution is 0.369. The van der Waals surface area contributed by atoms with Crippen molar-refractivity contribution in [3.8, 4) is 0 Å². The summed E-state index contributed by atoms with van der Waals surface area (Å²) in [5, 5.41) is 0. The van der Waals surface area contributed by atoms with Gasteiger partial charge in [-0.05, 0) is 19.3 Å². The van der Waals surface area contributed by atoms with Crippen LogP contribution in [-0.2, 0) is 0 Å². The smallest absolute Gasteiger partial charge is 0.0149 e. The van der Waals surface area contributed by atoms with Gasteiger partial charge in [-0.25, -0.2) is 0 Å². The van der Waals surface area contributed by atoms with Crippen LogP contribution in [0.1, 0.15) is 39.5 Å². The molecule has 0 aliphatic heterocycles. The molecule has 2 N–H and O–H groups in total. The van der Waals surface area contributed by atoms with E-state index in [2.05, 4.69) is 20.8 Å². The zero-order valence-electron chi connectivity index (χ0n) is 6.61. The van der Waals surface area contributed by atoms with Gasteiger partial charge in [0.15, 0.2) is 0 Å². The highest BCUT2D eigenvalue weighted by Gasteiger charge is 2.17. The molecular formula is C8H18N. The molecular weight excluding hydrogens is 110 g/mol. The minimum absolute atomic E-state index is 0.0712. The van der Waals surface area contributed by atoms with E-state index in [4.69, 9.17) is 5.73 Å². The molecule has 0 saturated heterocycles. The van der Waals surface area contributed by atoms with Gasteiger partial charge < -0.3 is 5.73 Å². The molecule has 0 saturated carbocycles. The van der Waals surface area contributed by atoms with E-state index >= 15 is 0 Å². The van der Waals surface area contributed by atoms with Crippen molar-refractivity contribution >= 4 is 0 Å². The van der Waals surface area contributed by atoms with E-state index in [-0.39, 0.29) is 5.54 Å². The number of hydrogen-bond donors (Lipinski definition) is 1. The summed E-state index contributed by atoms with van der Waals surface area (Å²) in [6, 6.07) is 0. The van der Waals surface area contributed by atoms with Gasteiger partial charge in [-0.2, -0.15) is 0 Å². The maximum absolute atomic E-state index is 5.97. The average Bonchev–Trinajstić information content (AvgIpc) is 1.89. The Morgan fingerprint density at radius 2 is 1.78 bits per heavy atom. The zero-order chi connectivity index (χ0) is 7.33. The quantitative estimate of drug-likeness (QED) is 0.616. The van der Waals surface area contributed by atoms with Crippen molar-refractivity contribution in [1.82, 2.24) is 0 Å². The number of rotatable bonds is 4. The number of nitrogens with two attached hydrogens (primary N) is 1. The Morgan fingerprint density at radius 3 is 1.89 bits per heavy atom. The summed E-state index contributed by atoms with van der Waals surface area (Å²) in [7, 11) is 0. The van der Waals surface area contributed by atoms with Crippen molar-refractivity contribution in [1.29, 1.82) is 0 Å². The highest BCUT2D eigenvalue weighted by atomic mass is 14.7. The summed E-state index contributed by atoms with van der Waals surface area (Å²) in [5.41, 5.74) is 6.04. The average molecular weight is 128 g/mol. The van der Waals surface area contributed by atoms with Gasteiger partial charge in [0, 0.05) is 5.54 Å². The summed E-state index contributed by atoms with van der Waals surface area (Å²) in [6.07, 6.45) is 4.15. The molecule has 1 nitrogen and oxygen atoms in total. The highest BCUT2D eigenvalue weighted by molar-refractivity contribution is 4.80. The molecule has 0 rings (SSSR count). The minimum Gasteiger partial charge on any atom is -0.325 e. The van der Waals surface area contributed by atoms with Crippen LogP contribution in [0.5, 0.6) is 0 Å². The van der Waals surface area contributed by atoms with Crippen molar-refractivity contribution in [2.45, 2.75) is 45.1 Å². The summed E-state index contributed by atoms with van der Waals surface area (Å²) >= 11 is 0. The van der Waals surface area contributed by atoms with Gasteiger partial charge in [-0.3, -0.25) is 0 Å². The zero-order valence-corrected chi connectivity index (χ0v) is 6.61. The Morgan fingerprint density at radius 1 is 1.33 bits per heavy atom. The first-order chi connectivity index (χ1) is 4.18. The second-order valence-electron chi connectivity index (χ2n) is 2.67. The second kappa shape index (κ2) is 3.89. The maximum Gasteiger partial charge on any atom is 0.0149 e. The molecule has 0 bridgehead atoms. The van der Waals surface area contributed by atoms with E-state index in [1.165, 1.54) is 0 Å². The second-order valence-corrected chi connectivity index (χ2v) is 2.67. The van der Waals surface area contributed by atoms with E-state index in [9.17, 15) is 0 Å². The summed E-state index contributed by atoms with van der Waals surface area (Å²) in [4.78, 5) is 0. The van der Waals surface area contributed by atoms with Gasteiger partial charge in [0.1, 0.15) is 0 Å². The van der Waals surface area contributed by atoms with E-state index in [1.807, 2.05) is 0 Å². The topological polar surface area (TPSA) is 26.0 Å². The molecule has 0 aromatic rings. The third-order valence-electron chi connectivity index (χ3n) is 2.08. The van der Waals surface area contributed by atoms with Crippen LogP contribution in [0.2, 0.25) is 0 Å². The monoisotopic (exact) mass is 128 g/mol. The normalized spacial score (nSPS) is 12.0. The standard InChI is InChI=1S/C8H18N/c1-4-7-8(9,5-2)6-3/h1,4-7,9H2,2-3H3. The molecule has 0 fully saturated rings. The van der Waals surface area contributed by atoms with Crippen LogP contribution in [0.15, 0.2) is 0 Å². The minimum atomic E-state index is 0.0712. The fourth-order valence-electron chi connectivity index (χ4n) is 0.956. The lowest BCUT2D eigenvalue weighted by Gasteiger charge is -2.25. The fourth-order valence-corrected chi connectivity index (χ4v) is 0.956. The van der Waals surface area contributed by atoms with E-state index in [0.29, 0.717) is 0 Å². The van der Waals surface area contributed by atoms with Crippen molar-refractivity contribution in [3.63, 3.8) is 0 Å². The summed E-state index contributed by atoms with van der Waals surface area (Å²) in [5.74, 6) is 0. The molecule has 0 aliphatic carbocycles. The van der Waals surface area contributed by atoms with Gasteiger partial charge in [-0.1, -0.05) is 27.2 Å². The molecule has 0 spiro atoms. The third-order valence-corrected chi connectivity index (χ3v) is 2.08. The van der Waals surface area contributed by atoms with Crippen molar-refractivity contribution in [2.24, 2.45) is 5.73 Å². The lowest BCUT2D eigenvalue weighted by Crippen LogP contribution is -2.37. The van der Waals surface area contributed by atoms with Gasteiger partial charge in [0.2, 0.25) is 0 Å². The Labute approximate surface area is 58.6 Å². The Balaban J connectivity index is 3.62. The van der Waals surface area contributed by atoms with Crippen molar-refractivity contribution in [2.75, 3.05) is 0 Å². The largest absolute Gasteiger partial charge is 0.325 e. The van der Waals surface area contributed by atoms with Crippen LogP contribution >= 0.6 is 0 Å². The van der Waals surface area contributed by atoms with E-state index < -0.39 is 0 Å². The molecule has 1 heteroatoms. The van der Waals surface area contributed by atoms with Crippen LogP contribution in [0.25, 0.3) is 0 Å². The van der Waals surface area contributed by atoms with Gasteiger partial charge in [0.25, 0.3) is 0 Å². The SMILES string of the molecule is [CH2]CCC(N)(CC)CC. The van der Waals surface area contributed by atoms with Crippen LogP contribution in [-0.4, -0.2) is 5.54 Å². The van der Waals surface area contributed by atoms with Gasteiger partial charge >= 0.3 is 0 Å². The first-order valence-electron chi connectivity index (χ1n) is 3.76. The van der Waals surface area contributed by atoms with Crippen LogP contribution in [0.4, 0.5) is 0 Å². The highest BCUT2D eigenvalue weighted by Crippen LogP contribution is 2.16. The first-order valence-corrected chi connectivity index (χ1v) is 3.76. The van der Waals surface area contributed by atoms with E-state index in [0.717, 1.165) is 25.7 Å². The molecule has 1 radical (unpaired) electrons.